The molecule has 0 aliphatic rings. The fourth-order valence-electron chi connectivity index (χ4n) is 2.02. The summed E-state index contributed by atoms with van der Waals surface area (Å²) >= 11 is 0. The highest BCUT2D eigenvalue weighted by atomic mass is 19.1. The molecule has 0 radical (unpaired) electrons. The van der Waals surface area contributed by atoms with Gasteiger partial charge in [-0.3, -0.25) is 0 Å². The van der Waals surface area contributed by atoms with E-state index in [1.54, 1.807) is 0 Å². The summed E-state index contributed by atoms with van der Waals surface area (Å²) in [5.74, 6) is -2.88. The Balaban J connectivity index is 2.22. The van der Waals surface area contributed by atoms with Crippen LogP contribution in [0, 0.1) is 18.6 Å². The van der Waals surface area contributed by atoms with Crippen molar-refractivity contribution in [3.63, 3.8) is 0 Å². The van der Waals surface area contributed by atoms with Crippen LogP contribution >= 0.6 is 0 Å². The molecule has 0 fully saturated rings. The van der Waals surface area contributed by atoms with Crippen molar-refractivity contribution in [2.75, 3.05) is 0 Å². The SMILES string of the molecule is Cc1ccc(F)c(-c2nc3ccc(C(=O)O)cc3o2)c1F. The average Bonchev–Trinajstić information content (AvgIpc) is 2.85. The molecule has 0 amide bonds. The van der Waals surface area contributed by atoms with E-state index in [-0.39, 0.29) is 28.2 Å². The number of halogens is 2. The maximum absolute atomic E-state index is 14.1. The van der Waals surface area contributed by atoms with Crippen LogP contribution in [-0.4, -0.2) is 16.1 Å². The Labute approximate surface area is 117 Å². The third kappa shape index (κ3) is 2.14. The number of oxazole rings is 1. The van der Waals surface area contributed by atoms with Crippen molar-refractivity contribution < 1.29 is 23.1 Å². The van der Waals surface area contributed by atoms with E-state index < -0.39 is 17.6 Å². The van der Waals surface area contributed by atoms with Gasteiger partial charge < -0.3 is 9.52 Å². The summed E-state index contributed by atoms with van der Waals surface area (Å²) < 4.78 is 33.2. The number of rotatable bonds is 2. The van der Waals surface area contributed by atoms with Gasteiger partial charge in [0.1, 0.15) is 22.7 Å². The number of nitrogens with zero attached hydrogens (tertiary/aromatic N) is 1. The van der Waals surface area contributed by atoms with E-state index in [4.69, 9.17) is 9.52 Å². The van der Waals surface area contributed by atoms with Gasteiger partial charge in [0.05, 0.1) is 5.56 Å². The zero-order valence-electron chi connectivity index (χ0n) is 10.9. The molecular weight excluding hydrogens is 280 g/mol. The molecule has 0 unspecified atom stereocenters. The van der Waals surface area contributed by atoms with E-state index in [1.165, 1.54) is 31.2 Å². The van der Waals surface area contributed by atoms with Crippen molar-refractivity contribution in [1.82, 2.24) is 4.98 Å². The first kappa shape index (κ1) is 13.2. The molecule has 0 saturated heterocycles. The minimum atomic E-state index is -1.12. The number of aryl methyl sites for hydroxylation is 1. The molecule has 2 aromatic carbocycles. The number of carboxylic acids is 1. The maximum Gasteiger partial charge on any atom is 0.335 e. The lowest BCUT2D eigenvalue weighted by atomic mass is 10.1. The number of fused-ring (bicyclic) bond motifs is 1. The molecule has 0 saturated carbocycles. The van der Waals surface area contributed by atoms with Crippen LogP contribution in [0.25, 0.3) is 22.6 Å². The van der Waals surface area contributed by atoms with Crippen molar-refractivity contribution in [2.45, 2.75) is 6.92 Å². The minimum absolute atomic E-state index is 0.00962. The smallest absolute Gasteiger partial charge is 0.335 e. The van der Waals surface area contributed by atoms with Crippen LogP contribution in [0.3, 0.4) is 0 Å². The highest BCUT2D eigenvalue weighted by Crippen LogP contribution is 2.30. The zero-order chi connectivity index (χ0) is 15.1. The second kappa shape index (κ2) is 4.66. The number of benzene rings is 2. The zero-order valence-corrected chi connectivity index (χ0v) is 10.9. The van der Waals surface area contributed by atoms with Crippen molar-refractivity contribution in [1.29, 1.82) is 0 Å². The van der Waals surface area contributed by atoms with Gasteiger partial charge in [-0.05, 0) is 36.8 Å². The summed E-state index contributed by atoms with van der Waals surface area (Å²) in [5.41, 5.74) is 0.402. The Morgan fingerprint density at radius 3 is 2.71 bits per heavy atom. The minimum Gasteiger partial charge on any atom is -0.478 e. The molecule has 0 spiro atoms. The predicted octanol–water partition coefficient (Wildman–Crippen LogP) is 3.78. The molecule has 6 heteroatoms. The van der Waals surface area contributed by atoms with Gasteiger partial charge in [0.2, 0.25) is 5.89 Å². The van der Waals surface area contributed by atoms with Crippen molar-refractivity contribution >= 4 is 17.1 Å². The monoisotopic (exact) mass is 289 g/mol. The largest absolute Gasteiger partial charge is 0.478 e. The van der Waals surface area contributed by atoms with Gasteiger partial charge in [0, 0.05) is 0 Å². The number of hydrogen-bond donors (Lipinski definition) is 1. The average molecular weight is 289 g/mol. The third-order valence-corrected chi connectivity index (χ3v) is 3.13. The van der Waals surface area contributed by atoms with Crippen LogP contribution in [0.4, 0.5) is 8.78 Å². The lowest BCUT2D eigenvalue weighted by Crippen LogP contribution is -1.94. The van der Waals surface area contributed by atoms with Crippen LogP contribution in [0.5, 0.6) is 0 Å². The van der Waals surface area contributed by atoms with Crippen LogP contribution in [-0.2, 0) is 0 Å². The number of carboxylic acid groups (broad SMARTS) is 1. The summed E-state index contributed by atoms with van der Waals surface area (Å²) in [6.07, 6.45) is 0. The second-order valence-electron chi connectivity index (χ2n) is 4.56. The Bertz CT molecular complexity index is 871. The van der Waals surface area contributed by atoms with Gasteiger partial charge in [-0.15, -0.1) is 0 Å². The molecule has 0 bridgehead atoms. The van der Waals surface area contributed by atoms with E-state index in [0.717, 1.165) is 6.07 Å². The molecule has 1 aromatic heterocycles. The molecule has 4 nitrogen and oxygen atoms in total. The van der Waals surface area contributed by atoms with Gasteiger partial charge in [0.25, 0.3) is 0 Å². The molecular formula is C15H9F2NO3. The normalized spacial score (nSPS) is 11.0. The molecule has 1 N–H and O–H groups in total. The van der Waals surface area contributed by atoms with Crippen LogP contribution in [0.15, 0.2) is 34.7 Å². The van der Waals surface area contributed by atoms with Gasteiger partial charge >= 0.3 is 5.97 Å². The molecule has 106 valence electrons. The molecule has 3 rings (SSSR count). The standard InChI is InChI=1S/C15H9F2NO3/c1-7-2-4-9(16)12(13(7)17)14-18-10-5-3-8(15(19)20)6-11(10)21-14/h2-6H,1H3,(H,19,20). The molecule has 0 aliphatic heterocycles. The quantitative estimate of drug-likeness (QED) is 0.779. The second-order valence-corrected chi connectivity index (χ2v) is 4.56. The Morgan fingerprint density at radius 1 is 1.24 bits per heavy atom. The molecule has 0 aliphatic carbocycles. The van der Waals surface area contributed by atoms with Crippen molar-refractivity contribution in [3.05, 3.63) is 53.1 Å². The topological polar surface area (TPSA) is 63.3 Å². The summed E-state index contributed by atoms with van der Waals surface area (Å²) in [7, 11) is 0. The highest BCUT2D eigenvalue weighted by molar-refractivity contribution is 5.92. The number of aromatic nitrogens is 1. The van der Waals surface area contributed by atoms with Crippen molar-refractivity contribution in [3.8, 4) is 11.5 Å². The first-order valence-corrected chi connectivity index (χ1v) is 6.06. The Kier molecular flexibility index (Phi) is 2.94. The molecule has 0 atom stereocenters. The van der Waals surface area contributed by atoms with Crippen LogP contribution < -0.4 is 0 Å². The lowest BCUT2D eigenvalue weighted by molar-refractivity contribution is 0.0697. The number of aromatic carboxylic acids is 1. The fourth-order valence-corrected chi connectivity index (χ4v) is 2.02. The number of hydrogen-bond acceptors (Lipinski definition) is 3. The Morgan fingerprint density at radius 2 is 2.00 bits per heavy atom. The number of carbonyl (C=O) groups is 1. The highest BCUT2D eigenvalue weighted by Gasteiger charge is 2.19. The summed E-state index contributed by atoms with van der Waals surface area (Å²) in [6, 6.07) is 6.49. The first-order chi connectivity index (χ1) is 9.97. The molecule has 3 aromatic rings. The predicted molar refractivity (Wildman–Crippen MR) is 71.1 cm³/mol. The van der Waals surface area contributed by atoms with Crippen LogP contribution in [0.1, 0.15) is 15.9 Å². The van der Waals surface area contributed by atoms with Gasteiger partial charge in [-0.1, -0.05) is 6.07 Å². The molecule has 1 heterocycles. The lowest BCUT2D eigenvalue weighted by Gasteiger charge is -2.02. The van der Waals surface area contributed by atoms with Gasteiger partial charge in [-0.2, -0.15) is 0 Å². The summed E-state index contributed by atoms with van der Waals surface area (Å²) in [6.45, 7) is 1.50. The first-order valence-electron chi connectivity index (χ1n) is 6.06. The van der Waals surface area contributed by atoms with E-state index in [0.29, 0.717) is 5.52 Å². The van der Waals surface area contributed by atoms with Gasteiger partial charge in [-0.25, -0.2) is 18.6 Å². The van der Waals surface area contributed by atoms with E-state index in [1.807, 2.05) is 0 Å². The van der Waals surface area contributed by atoms with E-state index in [9.17, 15) is 13.6 Å². The fraction of sp³-hybridized carbons (Fsp3) is 0.0667. The summed E-state index contributed by atoms with van der Waals surface area (Å²) in [5, 5.41) is 8.91. The van der Waals surface area contributed by atoms with Gasteiger partial charge in [0.15, 0.2) is 5.58 Å². The molecule has 21 heavy (non-hydrogen) atoms. The van der Waals surface area contributed by atoms with E-state index >= 15 is 0 Å². The summed E-state index contributed by atoms with van der Waals surface area (Å²) in [4.78, 5) is 14.9. The van der Waals surface area contributed by atoms with Crippen LogP contribution in [0.2, 0.25) is 0 Å². The third-order valence-electron chi connectivity index (χ3n) is 3.13. The van der Waals surface area contributed by atoms with Crippen molar-refractivity contribution in [2.24, 2.45) is 0 Å². The maximum atomic E-state index is 14.1. The van der Waals surface area contributed by atoms with E-state index in [2.05, 4.69) is 4.98 Å². The Hall–Kier alpha value is -2.76.